The topological polar surface area (TPSA) is 87.0 Å². The fourth-order valence-electron chi connectivity index (χ4n) is 3.38. The van der Waals surface area contributed by atoms with E-state index in [1.807, 2.05) is 29.8 Å². The Hall–Kier alpha value is -2.79. The van der Waals surface area contributed by atoms with E-state index in [0.29, 0.717) is 19.6 Å². The van der Waals surface area contributed by atoms with Gasteiger partial charge in [-0.25, -0.2) is 4.98 Å². The molecule has 0 saturated carbocycles. The number of nitriles is 1. The van der Waals surface area contributed by atoms with Gasteiger partial charge in [0.2, 0.25) is 0 Å². The summed E-state index contributed by atoms with van der Waals surface area (Å²) in [5.41, 5.74) is 6.05. The third-order valence-electron chi connectivity index (χ3n) is 4.97. The molecule has 1 fully saturated rings. The first-order valence-electron chi connectivity index (χ1n) is 9.68. The Morgan fingerprint density at radius 1 is 1.31 bits per heavy atom. The molecule has 0 aliphatic carbocycles. The highest BCUT2D eigenvalue weighted by molar-refractivity contribution is 7.16. The summed E-state index contributed by atoms with van der Waals surface area (Å²) in [6.45, 7) is 1.87. The van der Waals surface area contributed by atoms with E-state index in [1.165, 1.54) is 4.70 Å². The van der Waals surface area contributed by atoms with Gasteiger partial charge in [-0.3, -0.25) is 4.79 Å². The first-order chi connectivity index (χ1) is 14.2. The van der Waals surface area contributed by atoms with Gasteiger partial charge in [0.05, 0.1) is 21.8 Å². The summed E-state index contributed by atoms with van der Waals surface area (Å²) in [4.78, 5) is 16.8. The standard InChI is InChI=1S/C22H22N4O2S/c23-12-18(26-22(27)20-13-24-8-1-9-28-20)10-15-2-4-16(5-3-15)17-6-7-21-19(11-17)25-14-29-21/h2-7,11,14,18,20,24H,1,8-10,13H2,(H,26,27)/t18-,20-/m0/s1. The Morgan fingerprint density at radius 3 is 2.97 bits per heavy atom. The molecule has 2 heterocycles. The van der Waals surface area contributed by atoms with Gasteiger partial charge < -0.3 is 15.4 Å². The minimum Gasteiger partial charge on any atom is -0.367 e. The highest BCUT2D eigenvalue weighted by Gasteiger charge is 2.23. The van der Waals surface area contributed by atoms with Crippen LogP contribution in [0, 0.1) is 11.3 Å². The number of hydrogen-bond donors (Lipinski definition) is 2. The predicted octanol–water partition coefficient (Wildman–Crippen LogP) is 2.89. The summed E-state index contributed by atoms with van der Waals surface area (Å²) >= 11 is 1.63. The lowest BCUT2D eigenvalue weighted by Crippen LogP contribution is -2.46. The average Bonchev–Trinajstić information content (AvgIpc) is 3.05. The van der Waals surface area contributed by atoms with Crippen molar-refractivity contribution in [2.75, 3.05) is 19.7 Å². The van der Waals surface area contributed by atoms with Crippen LogP contribution in [0.4, 0.5) is 0 Å². The number of fused-ring (bicyclic) bond motifs is 1. The third kappa shape index (κ3) is 4.80. The average molecular weight is 407 g/mol. The molecule has 1 aliphatic rings. The van der Waals surface area contributed by atoms with Crippen LogP contribution in [-0.4, -0.2) is 42.7 Å². The van der Waals surface area contributed by atoms with Gasteiger partial charge in [-0.1, -0.05) is 30.3 Å². The van der Waals surface area contributed by atoms with Crippen molar-refractivity contribution in [2.24, 2.45) is 0 Å². The number of rotatable bonds is 5. The van der Waals surface area contributed by atoms with Crippen molar-refractivity contribution >= 4 is 27.5 Å². The van der Waals surface area contributed by atoms with Crippen LogP contribution in [0.1, 0.15) is 12.0 Å². The summed E-state index contributed by atoms with van der Waals surface area (Å²) in [7, 11) is 0. The van der Waals surface area contributed by atoms with Crippen LogP contribution in [0.15, 0.2) is 48.0 Å². The van der Waals surface area contributed by atoms with Gasteiger partial charge in [0.1, 0.15) is 12.1 Å². The van der Waals surface area contributed by atoms with Gasteiger partial charge in [-0.2, -0.15) is 5.26 Å². The van der Waals surface area contributed by atoms with E-state index in [9.17, 15) is 10.1 Å². The fraction of sp³-hybridized carbons (Fsp3) is 0.318. The van der Waals surface area contributed by atoms with E-state index in [0.717, 1.165) is 35.2 Å². The molecule has 6 nitrogen and oxygen atoms in total. The second kappa shape index (κ2) is 9.14. The lowest BCUT2D eigenvalue weighted by molar-refractivity contribution is -0.132. The summed E-state index contributed by atoms with van der Waals surface area (Å²) in [6.07, 6.45) is 0.789. The quantitative estimate of drug-likeness (QED) is 0.680. The van der Waals surface area contributed by atoms with Crippen molar-refractivity contribution in [2.45, 2.75) is 25.0 Å². The Labute approximate surface area is 173 Å². The van der Waals surface area contributed by atoms with Crippen LogP contribution in [0.2, 0.25) is 0 Å². The number of aromatic nitrogens is 1. The molecule has 2 atom stereocenters. The van der Waals surface area contributed by atoms with Crippen molar-refractivity contribution in [3.63, 3.8) is 0 Å². The number of carbonyl (C=O) groups is 1. The van der Waals surface area contributed by atoms with Gasteiger partial charge in [-0.05, 0) is 41.8 Å². The summed E-state index contributed by atoms with van der Waals surface area (Å²) < 4.78 is 6.73. The Balaban J connectivity index is 1.40. The number of ether oxygens (including phenoxy) is 1. The summed E-state index contributed by atoms with van der Waals surface area (Å²) in [5, 5.41) is 15.5. The van der Waals surface area contributed by atoms with Gasteiger partial charge in [0.25, 0.3) is 5.91 Å². The molecular weight excluding hydrogens is 384 g/mol. The number of nitrogens with one attached hydrogen (secondary N) is 2. The highest BCUT2D eigenvalue weighted by atomic mass is 32.1. The second-order valence-electron chi connectivity index (χ2n) is 7.04. The fourth-order valence-corrected chi connectivity index (χ4v) is 4.04. The van der Waals surface area contributed by atoms with E-state index in [4.69, 9.17) is 4.74 Å². The monoisotopic (exact) mass is 406 g/mol. The third-order valence-corrected chi connectivity index (χ3v) is 5.78. The van der Waals surface area contributed by atoms with E-state index in [2.05, 4.69) is 39.9 Å². The Kier molecular flexibility index (Phi) is 6.15. The van der Waals surface area contributed by atoms with E-state index in [1.54, 1.807) is 11.3 Å². The van der Waals surface area contributed by atoms with Crippen molar-refractivity contribution in [3.05, 3.63) is 53.5 Å². The van der Waals surface area contributed by atoms with Crippen LogP contribution in [-0.2, 0) is 16.0 Å². The number of nitrogens with zero attached hydrogens (tertiary/aromatic N) is 2. The zero-order valence-electron chi connectivity index (χ0n) is 15.9. The van der Waals surface area contributed by atoms with E-state index in [-0.39, 0.29) is 5.91 Å². The molecule has 1 amide bonds. The van der Waals surface area contributed by atoms with Gasteiger partial charge in [-0.15, -0.1) is 11.3 Å². The largest absolute Gasteiger partial charge is 0.367 e. The lowest BCUT2D eigenvalue weighted by atomic mass is 10.0. The van der Waals surface area contributed by atoms with Crippen molar-refractivity contribution < 1.29 is 9.53 Å². The molecule has 1 saturated heterocycles. The molecule has 0 bridgehead atoms. The van der Waals surface area contributed by atoms with Gasteiger partial charge in [0, 0.05) is 19.6 Å². The van der Waals surface area contributed by atoms with Crippen LogP contribution in [0.5, 0.6) is 0 Å². The molecule has 29 heavy (non-hydrogen) atoms. The van der Waals surface area contributed by atoms with Crippen LogP contribution < -0.4 is 10.6 Å². The van der Waals surface area contributed by atoms with Crippen molar-refractivity contribution in [1.82, 2.24) is 15.6 Å². The zero-order valence-corrected chi connectivity index (χ0v) is 16.7. The number of benzene rings is 2. The first kappa shape index (κ1) is 19.5. The maximum absolute atomic E-state index is 12.4. The second-order valence-corrected chi connectivity index (χ2v) is 7.93. The van der Waals surface area contributed by atoms with Gasteiger partial charge in [0.15, 0.2) is 0 Å². The molecule has 148 valence electrons. The van der Waals surface area contributed by atoms with Crippen LogP contribution >= 0.6 is 11.3 Å². The molecule has 0 radical (unpaired) electrons. The van der Waals surface area contributed by atoms with E-state index >= 15 is 0 Å². The molecular formula is C22H22N4O2S. The number of carbonyl (C=O) groups excluding carboxylic acids is 1. The molecule has 1 aliphatic heterocycles. The van der Waals surface area contributed by atoms with Crippen LogP contribution in [0.3, 0.4) is 0 Å². The minimum absolute atomic E-state index is 0.237. The molecule has 3 aromatic rings. The van der Waals surface area contributed by atoms with Crippen molar-refractivity contribution in [1.29, 1.82) is 5.26 Å². The molecule has 1 aromatic heterocycles. The number of thiazole rings is 1. The number of hydrogen-bond acceptors (Lipinski definition) is 6. The minimum atomic E-state index is -0.591. The van der Waals surface area contributed by atoms with Gasteiger partial charge >= 0.3 is 0 Å². The zero-order chi connectivity index (χ0) is 20.1. The Bertz CT molecular complexity index is 1020. The number of amides is 1. The molecule has 2 N–H and O–H groups in total. The molecule has 4 rings (SSSR count). The molecule has 0 unspecified atom stereocenters. The van der Waals surface area contributed by atoms with Crippen LogP contribution in [0.25, 0.3) is 21.3 Å². The lowest BCUT2D eigenvalue weighted by Gasteiger charge is -2.18. The first-order valence-corrected chi connectivity index (χ1v) is 10.6. The smallest absolute Gasteiger partial charge is 0.251 e. The summed E-state index contributed by atoms with van der Waals surface area (Å²) in [5.74, 6) is -0.237. The van der Waals surface area contributed by atoms with E-state index < -0.39 is 12.1 Å². The normalized spacial score (nSPS) is 18.0. The molecule has 7 heteroatoms. The van der Waals surface area contributed by atoms with Crippen molar-refractivity contribution in [3.8, 4) is 17.2 Å². The summed E-state index contributed by atoms with van der Waals surface area (Å²) in [6, 6.07) is 15.9. The Morgan fingerprint density at radius 2 is 2.14 bits per heavy atom. The molecule has 2 aromatic carbocycles. The highest BCUT2D eigenvalue weighted by Crippen LogP contribution is 2.26. The predicted molar refractivity (Wildman–Crippen MR) is 114 cm³/mol. The molecule has 0 spiro atoms. The SMILES string of the molecule is N#C[C@H](Cc1ccc(-c2ccc3scnc3c2)cc1)NC(=O)[C@@H]1CNCCCO1. The maximum atomic E-state index is 12.4. The maximum Gasteiger partial charge on any atom is 0.251 e.